The van der Waals surface area contributed by atoms with Crippen LogP contribution < -0.4 is 20.3 Å². The van der Waals surface area contributed by atoms with E-state index in [1.165, 1.54) is 36.4 Å². The molecule has 2 heterocycles. The summed E-state index contributed by atoms with van der Waals surface area (Å²) >= 11 is 0. The number of halogens is 3. The molecule has 0 aliphatic carbocycles. The third kappa shape index (κ3) is 6.22. The first-order valence-electron chi connectivity index (χ1n) is 10.9. The van der Waals surface area contributed by atoms with Gasteiger partial charge in [0, 0.05) is 36.8 Å². The number of benzene rings is 2. The molecular formula is C24H24F3N5O2. The van der Waals surface area contributed by atoms with Crippen molar-refractivity contribution in [1.29, 1.82) is 0 Å². The van der Waals surface area contributed by atoms with Crippen molar-refractivity contribution >= 4 is 34.5 Å². The molecule has 0 spiro atoms. The number of aromatic nitrogens is 2. The normalized spacial score (nSPS) is 14.9. The second-order valence-corrected chi connectivity index (χ2v) is 7.87. The van der Waals surface area contributed by atoms with Crippen LogP contribution in [-0.4, -0.2) is 48.4 Å². The molecule has 2 aromatic carbocycles. The number of hydrogen-bond acceptors (Lipinski definition) is 6. The molecule has 1 saturated heterocycles. The minimum Gasteiger partial charge on any atom is -0.406 e. The number of carbonyl (C=O) groups excluding carboxylic acids is 1. The van der Waals surface area contributed by atoms with Crippen LogP contribution in [0, 0.1) is 6.92 Å². The van der Waals surface area contributed by atoms with Gasteiger partial charge in [0.15, 0.2) is 0 Å². The van der Waals surface area contributed by atoms with Crippen LogP contribution in [0.15, 0.2) is 48.5 Å². The van der Waals surface area contributed by atoms with Crippen molar-refractivity contribution in [3.05, 3.63) is 59.8 Å². The summed E-state index contributed by atoms with van der Waals surface area (Å²) in [5, 5.41) is 7.00. The maximum Gasteiger partial charge on any atom is 0.573 e. The lowest BCUT2D eigenvalue weighted by atomic mass is 10.1. The minimum absolute atomic E-state index is 0.321. The van der Waals surface area contributed by atoms with Crippen molar-refractivity contribution in [2.75, 3.05) is 36.4 Å². The predicted molar refractivity (Wildman–Crippen MR) is 125 cm³/mol. The number of amides is 1. The van der Waals surface area contributed by atoms with E-state index in [-0.39, 0.29) is 11.7 Å². The molecule has 0 radical (unpaired) electrons. The third-order valence-corrected chi connectivity index (χ3v) is 5.31. The molecule has 1 aliphatic heterocycles. The van der Waals surface area contributed by atoms with Crippen molar-refractivity contribution in [3.63, 3.8) is 0 Å². The lowest BCUT2D eigenvalue weighted by Crippen LogP contribution is -2.29. The Kier molecular flexibility index (Phi) is 6.97. The fraction of sp³-hybridized carbons (Fsp3) is 0.292. The highest BCUT2D eigenvalue weighted by molar-refractivity contribution is 6.03. The van der Waals surface area contributed by atoms with Gasteiger partial charge in [-0.3, -0.25) is 4.79 Å². The van der Waals surface area contributed by atoms with Gasteiger partial charge in [-0.2, -0.15) is 0 Å². The second-order valence-electron chi connectivity index (χ2n) is 7.87. The number of rotatable bonds is 5. The lowest BCUT2D eigenvalue weighted by molar-refractivity contribution is -0.274. The average Bonchev–Trinajstić information content (AvgIpc) is 3.08. The molecule has 1 aromatic heterocycles. The number of ether oxygens (including phenoxy) is 1. The largest absolute Gasteiger partial charge is 0.573 e. The van der Waals surface area contributed by atoms with E-state index in [1.54, 1.807) is 6.07 Å². The molecule has 34 heavy (non-hydrogen) atoms. The van der Waals surface area contributed by atoms with Crippen LogP contribution >= 0.6 is 0 Å². The molecule has 4 rings (SSSR count). The highest BCUT2D eigenvalue weighted by Crippen LogP contribution is 2.24. The Balaban J connectivity index is 1.43. The van der Waals surface area contributed by atoms with Crippen molar-refractivity contribution in [1.82, 2.24) is 15.3 Å². The molecule has 10 heteroatoms. The Morgan fingerprint density at radius 3 is 2.68 bits per heavy atom. The van der Waals surface area contributed by atoms with Crippen LogP contribution in [0.25, 0.3) is 17.0 Å². The molecule has 2 N–H and O–H groups in total. The smallest absolute Gasteiger partial charge is 0.406 e. The van der Waals surface area contributed by atoms with Crippen molar-refractivity contribution in [3.8, 4) is 5.75 Å². The number of hydrogen-bond donors (Lipinski definition) is 2. The molecule has 0 unspecified atom stereocenters. The van der Waals surface area contributed by atoms with E-state index in [4.69, 9.17) is 4.98 Å². The second kappa shape index (κ2) is 10.1. The van der Waals surface area contributed by atoms with E-state index in [2.05, 4.69) is 25.3 Å². The van der Waals surface area contributed by atoms with E-state index in [9.17, 15) is 18.0 Å². The van der Waals surface area contributed by atoms with Gasteiger partial charge in [0.05, 0.1) is 11.2 Å². The Morgan fingerprint density at radius 1 is 1.12 bits per heavy atom. The summed E-state index contributed by atoms with van der Waals surface area (Å²) in [5.41, 5.74) is 2.78. The molecule has 3 aromatic rings. The summed E-state index contributed by atoms with van der Waals surface area (Å²) in [7, 11) is 0. The SMILES string of the molecule is Cc1nc(N2CCCNCC2)nc2ccc(NC(=O)/C=C/c3ccc(OC(F)(F)F)cc3)cc12. The highest BCUT2D eigenvalue weighted by Gasteiger charge is 2.30. The van der Waals surface area contributed by atoms with Gasteiger partial charge in [0.2, 0.25) is 11.9 Å². The molecule has 0 bridgehead atoms. The van der Waals surface area contributed by atoms with Crippen LogP contribution in [0.5, 0.6) is 5.75 Å². The molecule has 1 aliphatic rings. The Labute approximate surface area is 194 Å². The summed E-state index contributed by atoms with van der Waals surface area (Å²) in [6, 6.07) is 10.7. The third-order valence-electron chi connectivity index (χ3n) is 5.31. The number of alkyl halides is 3. The first kappa shape index (κ1) is 23.5. The van der Waals surface area contributed by atoms with Crippen LogP contribution in [0.4, 0.5) is 24.8 Å². The molecular weight excluding hydrogens is 447 g/mol. The van der Waals surface area contributed by atoms with E-state index in [0.29, 0.717) is 17.2 Å². The Hall–Kier alpha value is -3.66. The monoisotopic (exact) mass is 471 g/mol. The summed E-state index contributed by atoms with van der Waals surface area (Å²) < 4.78 is 40.6. The van der Waals surface area contributed by atoms with E-state index < -0.39 is 6.36 Å². The van der Waals surface area contributed by atoms with Crippen molar-refractivity contribution < 1.29 is 22.7 Å². The maximum atomic E-state index is 12.3. The lowest BCUT2D eigenvalue weighted by Gasteiger charge is -2.20. The quantitative estimate of drug-likeness (QED) is 0.541. The maximum absolute atomic E-state index is 12.3. The zero-order valence-electron chi connectivity index (χ0n) is 18.5. The predicted octanol–water partition coefficient (Wildman–Crippen LogP) is 4.29. The van der Waals surface area contributed by atoms with Crippen LogP contribution in [0.1, 0.15) is 17.7 Å². The first-order valence-corrected chi connectivity index (χ1v) is 10.9. The first-order chi connectivity index (χ1) is 16.3. The zero-order chi connectivity index (χ0) is 24.1. The summed E-state index contributed by atoms with van der Waals surface area (Å²) in [6.45, 7) is 5.55. The standard InChI is InChI=1S/C24H24F3N5O2/c1-16-20-15-18(6-9-21(20)31-23(29-16)32-13-2-11-28-12-14-32)30-22(33)10-5-17-3-7-19(8-4-17)34-24(25,26)27/h3-10,15,28H,2,11-14H2,1H3,(H,30,33)/b10-5+. The fourth-order valence-electron chi connectivity index (χ4n) is 3.67. The molecule has 0 atom stereocenters. The van der Waals surface area contributed by atoms with Crippen molar-refractivity contribution in [2.45, 2.75) is 19.7 Å². The Morgan fingerprint density at radius 2 is 1.91 bits per heavy atom. The summed E-state index contributed by atoms with van der Waals surface area (Å²) in [5.74, 6) is 0.0146. The van der Waals surface area contributed by atoms with E-state index in [0.717, 1.165) is 49.2 Å². The topological polar surface area (TPSA) is 79.4 Å². The number of carbonyl (C=O) groups is 1. The number of anilines is 2. The minimum atomic E-state index is -4.74. The molecule has 7 nitrogen and oxygen atoms in total. The van der Waals surface area contributed by atoms with Crippen LogP contribution in [0.3, 0.4) is 0 Å². The zero-order valence-corrected chi connectivity index (χ0v) is 18.5. The summed E-state index contributed by atoms with van der Waals surface area (Å²) in [6.07, 6.45) is -0.898. The molecule has 1 amide bonds. The van der Waals surface area contributed by atoms with E-state index >= 15 is 0 Å². The van der Waals surface area contributed by atoms with E-state index in [1.807, 2.05) is 19.1 Å². The molecule has 178 valence electrons. The Bertz CT molecular complexity index is 1190. The van der Waals surface area contributed by atoms with Gasteiger partial charge in [-0.15, -0.1) is 13.2 Å². The number of aryl methyl sites for hydroxylation is 1. The molecule has 1 fully saturated rings. The summed E-state index contributed by atoms with van der Waals surface area (Å²) in [4.78, 5) is 23.9. The van der Waals surface area contributed by atoms with Gasteiger partial charge in [-0.25, -0.2) is 9.97 Å². The van der Waals surface area contributed by atoms with Gasteiger partial charge >= 0.3 is 6.36 Å². The van der Waals surface area contributed by atoms with Gasteiger partial charge in [-0.1, -0.05) is 12.1 Å². The number of nitrogens with one attached hydrogen (secondary N) is 2. The average molecular weight is 471 g/mol. The number of nitrogens with zero attached hydrogens (tertiary/aromatic N) is 3. The van der Waals surface area contributed by atoms with Crippen molar-refractivity contribution in [2.24, 2.45) is 0 Å². The van der Waals surface area contributed by atoms with Crippen LogP contribution in [-0.2, 0) is 4.79 Å². The van der Waals surface area contributed by atoms with Gasteiger partial charge in [-0.05, 0) is 61.9 Å². The van der Waals surface area contributed by atoms with Gasteiger partial charge < -0.3 is 20.3 Å². The van der Waals surface area contributed by atoms with Gasteiger partial charge in [0.25, 0.3) is 0 Å². The molecule has 0 saturated carbocycles. The highest BCUT2D eigenvalue weighted by atomic mass is 19.4. The van der Waals surface area contributed by atoms with Gasteiger partial charge in [0.1, 0.15) is 5.75 Å². The fourth-order valence-corrected chi connectivity index (χ4v) is 3.67. The van der Waals surface area contributed by atoms with Crippen LogP contribution in [0.2, 0.25) is 0 Å². The number of fused-ring (bicyclic) bond motifs is 1.